The Kier molecular flexibility index (Phi) is 4.24. The van der Waals surface area contributed by atoms with Crippen molar-refractivity contribution in [2.75, 3.05) is 5.32 Å². The molecule has 2 rings (SSSR count). The molecule has 0 spiro atoms. The Morgan fingerprint density at radius 1 is 1.14 bits per heavy atom. The SMILES string of the molecule is N#Cc1cc(NC(=O)Cc2cccc(F)c2F)ccc1F. The maximum atomic E-state index is 13.4. The van der Waals surface area contributed by atoms with Gasteiger partial charge in [0.15, 0.2) is 11.6 Å². The molecule has 1 N–H and O–H groups in total. The van der Waals surface area contributed by atoms with E-state index >= 15 is 0 Å². The average molecular weight is 290 g/mol. The minimum absolute atomic E-state index is 0.0879. The third kappa shape index (κ3) is 3.39. The highest BCUT2D eigenvalue weighted by atomic mass is 19.2. The van der Waals surface area contributed by atoms with Crippen LogP contribution in [0.15, 0.2) is 36.4 Å². The lowest BCUT2D eigenvalue weighted by molar-refractivity contribution is -0.115. The molecule has 0 heterocycles. The molecule has 0 bridgehead atoms. The van der Waals surface area contributed by atoms with Gasteiger partial charge < -0.3 is 5.32 Å². The molecule has 2 aromatic rings. The van der Waals surface area contributed by atoms with Crippen molar-refractivity contribution in [3.8, 4) is 6.07 Å². The number of amides is 1. The first-order valence-electron chi connectivity index (χ1n) is 5.93. The van der Waals surface area contributed by atoms with Gasteiger partial charge in [0.1, 0.15) is 11.9 Å². The summed E-state index contributed by atoms with van der Waals surface area (Å²) < 4.78 is 39.6. The van der Waals surface area contributed by atoms with E-state index < -0.39 is 23.4 Å². The predicted molar refractivity (Wildman–Crippen MR) is 69.8 cm³/mol. The molecule has 2 aromatic carbocycles. The van der Waals surface area contributed by atoms with Crippen LogP contribution in [0.1, 0.15) is 11.1 Å². The van der Waals surface area contributed by atoms with Gasteiger partial charge in [0.05, 0.1) is 12.0 Å². The lowest BCUT2D eigenvalue weighted by atomic mass is 10.1. The highest BCUT2D eigenvalue weighted by Gasteiger charge is 2.12. The van der Waals surface area contributed by atoms with Crippen LogP contribution < -0.4 is 5.32 Å². The minimum Gasteiger partial charge on any atom is -0.326 e. The highest BCUT2D eigenvalue weighted by molar-refractivity contribution is 5.92. The fourth-order valence-electron chi connectivity index (χ4n) is 1.75. The first-order valence-corrected chi connectivity index (χ1v) is 5.93. The number of halogens is 3. The fraction of sp³-hybridized carbons (Fsp3) is 0.0667. The molecule has 21 heavy (non-hydrogen) atoms. The first-order chi connectivity index (χ1) is 10.0. The van der Waals surface area contributed by atoms with E-state index in [1.165, 1.54) is 18.2 Å². The van der Waals surface area contributed by atoms with Gasteiger partial charge in [-0.3, -0.25) is 4.79 Å². The van der Waals surface area contributed by atoms with Crippen LogP contribution in [0.25, 0.3) is 0 Å². The van der Waals surface area contributed by atoms with E-state index in [4.69, 9.17) is 5.26 Å². The van der Waals surface area contributed by atoms with Crippen LogP contribution in [0.5, 0.6) is 0 Å². The summed E-state index contributed by atoms with van der Waals surface area (Å²) in [4.78, 5) is 11.8. The van der Waals surface area contributed by atoms with Crippen LogP contribution in [-0.4, -0.2) is 5.91 Å². The molecule has 1 amide bonds. The van der Waals surface area contributed by atoms with Gasteiger partial charge in [-0.05, 0) is 24.3 Å². The molecule has 0 saturated carbocycles. The third-order valence-corrected chi connectivity index (χ3v) is 2.75. The Hall–Kier alpha value is -2.81. The number of anilines is 1. The minimum atomic E-state index is -1.08. The molecule has 0 fully saturated rings. The van der Waals surface area contributed by atoms with Gasteiger partial charge in [0, 0.05) is 11.3 Å². The summed E-state index contributed by atoms with van der Waals surface area (Å²) in [6.07, 6.45) is -0.372. The summed E-state index contributed by atoms with van der Waals surface area (Å²) in [6, 6.07) is 8.66. The van der Waals surface area contributed by atoms with Gasteiger partial charge in [0.25, 0.3) is 0 Å². The second-order valence-corrected chi connectivity index (χ2v) is 4.24. The number of benzene rings is 2. The van der Waals surface area contributed by atoms with E-state index in [1.807, 2.05) is 0 Å². The van der Waals surface area contributed by atoms with E-state index in [0.29, 0.717) is 0 Å². The van der Waals surface area contributed by atoms with E-state index in [2.05, 4.69) is 5.32 Å². The van der Waals surface area contributed by atoms with Crippen molar-refractivity contribution < 1.29 is 18.0 Å². The predicted octanol–water partition coefficient (Wildman–Crippen LogP) is 3.16. The van der Waals surface area contributed by atoms with E-state index in [1.54, 1.807) is 6.07 Å². The summed E-state index contributed by atoms with van der Waals surface area (Å²) in [5, 5.41) is 11.1. The van der Waals surface area contributed by atoms with Crippen LogP contribution in [0.4, 0.5) is 18.9 Å². The lowest BCUT2D eigenvalue weighted by Crippen LogP contribution is -2.15. The van der Waals surface area contributed by atoms with Crippen molar-refractivity contribution in [1.82, 2.24) is 0 Å². The topological polar surface area (TPSA) is 52.9 Å². The molecule has 0 saturated heterocycles. The van der Waals surface area contributed by atoms with E-state index in [9.17, 15) is 18.0 Å². The summed E-state index contributed by atoms with van der Waals surface area (Å²) in [5.41, 5.74) is -0.102. The normalized spacial score (nSPS) is 10.0. The molecule has 0 aromatic heterocycles. The zero-order valence-corrected chi connectivity index (χ0v) is 10.7. The van der Waals surface area contributed by atoms with Crippen molar-refractivity contribution >= 4 is 11.6 Å². The van der Waals surface area contributed by atoms with Gasteiger partial charge in [-0.2, -0.15) is 5.26 Å². The van der Waals surface area contributed by atoms with Gasteiger partial charge >= 0.3 is 0 Å². The molecule has 0 aliphatic carbocycles. The van der Waals surface area contributed by atoms with Crippen LogP contribution in [-0.2, 0) is 11.2 Å². The zero-order chi connectivity index (χ0) is 15.4. The van der Waals surface area contributed by atoms with Gasteiger partial charge in [0.2, 0.25) is 5.91 Å². The molecular weight excluding hydrogens is 281 g/mol. The zero-order valence-electron chi connectivity index (χ0n) is 10.7. The van der Waals surface area contributed by atoms with Crippen LogP contribution in [0.3, 0.4) is 0 Å². The number of hydrogen-bond donors (Lipinski definition) is 1. The molecule has 6 heteroatoms. The first kappa shape index (κ1) is 14.6. The number of nitrogens with one attached hydrogen (secondary N) is 1. The second-order valence-electron chi connectivity index (χ2n) is 4.24. The second kappa shape index (κ2) is 6.09. The molecule has 0 radical (unpaired) electrons. The number of rotatable bonds is 3. The molecule has 0 atom stereocenters. The fourth-order valence-corrected chi connectivity index (χ4v) is 1.75. The van der Waals surface area contributed by atoms with E-state index in [-0.39, 0.29) is 23.2 Å². The number of nitrogens with zero attached hydrogens (tertiary/aromatic N) is 1. The van der Waals surface area contributed by atoms with Gasteiger partial charge in [-0.1, -0.05) is 12.1 Å². The Balaban J connectivity index is 2.12. The Labute approximate surface area is 118 Å². The maximum Gasteiger partial charge on any atom is 0.228 e. The summed E-state index contributed by atoms with van der Waals surface area (Å²) >= 11 is 0. The van der Waals surface area contributed by atoms with Crippen molar-refractivity contribution in [3.63, 3.8) is 0 Å². The molecule has 0 unspecified atom stereocenters. The van der Waals surface area contributed by atoms with Gasteiger partial charge in [-0.25, -0.2) is 13.2 Å². The van der Waals surface area contributed by atoms with Crippen molar-refractivity contribution in [2.24, 2.45) is 0 Å². The van der Waals surface area contributed by atoms with Crippen LogP contribution >= 0.6 is 0 Å². The highest BCUT2D eigenvalue weighted by Crippen LogP contribution is 2.16. The smallest absolute Gasteiger partial charge is 0.228 e. The Bertz CT molecular complexity index is 738. The summed E-state index contributed by atoms with van der Waals surface area (Å²) in [7, 11) is 0. The number of carbonyl (C=O) groups is 1. The average Bonchev–Trinajstić information content (AvgIpc) is 2.46. The standard InChI is InChI=1S/C15H9F3N2O/c16-12-5-4-11(6-10(12)8-19)20-14(21)7-9-2-1-3-13(17)15(9)18/h1-6H,7H2,(H,20,21). The summed E-state index contributed by atoms with van der Waals surface area (Å²) in [6.45, 7) is 0. The lowest BCUT2D eigenvalue weighted by Gasteiger charge is -2.07. The van der Waals surface area contributed by atoms with Gasteiger partial charge in [-0.15, -0.1) is 0 Å². The van der Waals surface area contributed by atoms with Crippen LogP contribution in [0, 0.1) is 28.8 Å². The van der Waals surface area contributed by atoms with Crippen molar-refractivity contribution in [2.45, 2.75) is 6.42 Å². The Morgan fingerprint density at radius 2 is 1.90 bits per heavy atom. The maximum absolute atomic E-state index is 13.4. The molecular formula is C15H9F3N2O. The quantitative estimate of drug-likeness (QED) is 0.944. The third-order valence-electron chi connectivity index (χ3n) is 2.75. The van der Waals surface area contributed by atoms with E-state index in [0.717, 1.165) is 18.2 Å². The molecule has 0 aliphatic heterocycles. The molecule has 0 aliphatic rings. The number of nitriles is 1. The van der Waals surface area contributed by atoms with Crippen LogP contribution in [0.2, 0.25) is 0 Å². The molecule has 3 nitrogen and oxygen atoms in total. The number of hydrogen-bond acceptors (Lipinski definition) is 2. The molecule has 106 valence electrons. The van der Waals surface area contributed by atoms with Crippen molar-refractivity contribution in [3.05, 3.63) is 65.0 Å². The monoisotopic (exact) mass is 290 g/mol. The summed E-state index contributed by atoms with van der Waals surface area (Å²) in [5.74, 6) is -3.42. The largest absolute Gasteiger partial charge is 0.326 e. The number of carbonyl (C=O) groups excluding carboxylic acids is 1. The Morgan fingerprint density at radius 3 is 2.62 bits per heavy atom. The van der Waals surface area contributed by atoms with Crippen molar-refractivity contribution in [1.29, 1.82) is 5.26 Å².